The van der Waals surface area contributed by atoms with Crippen molar-refractivity contribution in [3.05, 3.63) is 34.9 Å². The lowest BCUT2D eigenvalue weighted by molar-refractivity contribution is -0.119. The number of hydrogen-bond donors (Lipinski definition) is 1. The molecule has 2 unspecified atom stereocenters. The fourth-order valence-electron chi connectivity index (χ4n) is 2.96. The van der Waals surface area contributed by atoms with Gasteiger partial charge in [0.2, 0.25) is 5.91 Å². The minimum atomic E-state index is -0.0866. The van der Waals surface area contributed by atoms with Crippen LogP contribution in [0.15, 0.2) is 24.3 Å². The fourth-order valence-corrected chi connectivity index (χ4v) is 3.15. The molecule has 3 heteroatoms. The molecule has 0 radical (unpaired) electrons. The zero-order valence-corrected chi connectivity index (χ0v) is 11.1. The van der Waals surface area contributed by atoms with Crippen LogP contribution in [0.2, 0.25) is 5.02 Å². The van der Waals surface area contributed by atoms with Gasteiger partial charge in [-0.15, -0.1) is 0 Å². The Morgan fingerprint density at radius 2 is 2.24 bits per heavy atom. The summed E-state index contributed by atoms with van der Waals surface area (Å²) in [4.78, 5) is 11.7. The molecule has 0 aromatic heterocycles. The fraction of sp³-hybridized carbons (Fsp3) is 0.500. The number of carbonyl (C=O) groups is 1. The molecule has 0 saturated carbocycles. The molecular formula is C14H18ClNO. The van der Waals surface area contributed by atoms with Crippen molar-refractivity contribution >= 4 is 17.5 Å². The van der Waals surface area contributed by atoms with Crippen LogP contribution < -0.4 is 5.32 Å². The molecule has 1 saturated heterocycles. The molecule has 1 aliphatic rings. The molecule has 1 aromatic carbocycles. The van der Waals surface area contributed by atoms with E-state index >= 15 is 0 Å². The SMILES string of the molecule is CCC1NC(=O)CC1(CC)c1cccc(Cl)c1. The van der Waals surface area contributed by atoms with E-state index in [1.165, 1.54) is 5.56 Å². The van der Waals surface area contributed by atoms with E-state index in [2.05, 4.69) is 25.2 Å². The number of rotatable bonds is 3. The summed E-state index contributed by atoms with van der Waals surface area (Å²) in [6.45, 7) is 4.26. The Bertz CT molecular complexity index is 432. The Labute approximate surface area is 107 Å². The minimum absolute atomic E-state index is 0.0866. The number of benzene rings is 1. The van der Waals surface area contributed by atoms with Gasteiger partial charge >= 0.3 is 0 Å². The van der Waals surface area contributed by atoms with Crippen molar-refractivity contribution in [1.82, 2.24) is 5.32 Å². The van der Waals surface area contributed by atoms with E-state index < -0.39 is 0 Å². The molecule has 1 heterocycles. The summed E-state index contributed by atoms with van der Waals surface area (Å²) in [7, 11) is 0. The van der Waals surface area contributed by atoms with Crippen LogP contribution in [0.3, 0.4) is 0 Å². The topological polar surface area (TPSA) is 29.1 Å². The highest BCUT2D eigenvalue weighted by Crippen LogP contribution is 2.41. The quantitative estimate of drug-likeness (QED) is 0.878. The van der Waals surface area contributed by atoms with Gasteiger partial charge in [-0.05, 0) is 30.5 Å². The first kappa shape index (κ1) is 12.4. The van der Waals surface area contributed by atoms with E-state index in [1.54, 1.807) is 0 Å². The molecule has 1 amide bonds. The summed E-state index contributed by atoms with van der Waals surface area (Å²) < 4.78 is 0. The number of amides is 1. The van der Waals surface area contributed by atoms with Gasteiger partial charge in [0.25, 0.3) is 0 Å². The maximum atomic E-state index is 11.7. The normalized spacial score (nSPS) is 28.2. The second kappa shape index (κ2) is 4.69. The maximum Gasteiger partial charge on any atom is 0.221 e. The van der Waals surface area contributed by atoms with Crippen LogP contribution in [0.5, 0.6) is 0 Å². The highest BCUT2D eigenvalue weighted by molar-refractivity contribution is 6.30. The average Bonchev–Trinajstić information content (AvgIpc) is 2.66. The largest absolute Gasteiger partial charge is 0.352 e. The molecule has 2 atom stereocenters. The molecular weight excluding hydrogens is 234 g/mol. The van der Waals surface area contributed by atoms with Crippen LogP contribution in [0.25, 0.3) is 0 Å². The first-order valence-electron chi connectivity index (χ1n) is 6.17. The Kier molecular flexibility index (Phi) is 3.43. The van der Waals surface area contributed by atoms with Gasteiger partial charge in [-0.25, -0.2) is 0 Å². The van der Waals surface area contributed by atoms with Crippen LogP contribution in [0.1, 0.15) is 38.7 Å². The third-order valence-corrected chi connectivity index (χ3v) is 4.15. The molecule has 1 aromatic rings. The van der Waals surface area contributed by atoms with Crippen LogP contribution in [-0.2, 0) is 10.2 Å². The van der Waals surface area contributed by atoms with Gasteiger partial charge in [0.15, 0.2) is 0 Å². The molecule has 0 bridgehead atoms. The third-order valence-electron chi connectivity index (χ3n) is 3.92. The van der Waals surface area contributed by atoms with Gasteiger partial charge in [0, 0.05) is 22.9 Å². The van der Waals surface area contributed by atoms with Gasteiger partial charge in [-0.3, -0.25) is 4.79 Å². The zero-order chi connectivity index (χ0) is 12.5. The van der Waals surface area contributed by atoms with E-state index in [0.717, 1.165) is 17.9 Å². The average molecular weight is 252 g/mol. The van der Waals surface area contributed by atoms with Crippen LogP contribution >= 0.6 is 11.6 Å². The standard InChI is InChI=1S/C14H18ClNO/c1-3-12-14(4-2,9-13(17)16-12)10-6-5-7-11(15)8-10/h5-8,12H,3-4,9H2,1-2H3,(H,16,17). The molecule has 0 aliphatic carbocycles. The molecule has 17 heavy (non-hydrogen) atoms. The summed E-state index contributed by atoms with van der Waals surface area (Å²) >= 11 is 6.06. The van der Waals surface area contributed by atoms with Gasteiger partial charge in [-0.1, -0.05) is 37.6 Å². The van der Waals surface area contributed by atoms with Crippen molar-refractivity contribution in [3.8, 4) is 0 Å². The molecule has 0 spiro atoms. The van der Waals surface area contributed by atoms with Gasteiger partial charge in [0.1, 0.15) is 0 Å². The number of nitrogens with one attached hydrogen (secondary N) is 1. The number of carbonyl (C=O) groups excluding carboxylic acids is 1. The molecule has 1 fully saturated rings. The molecule has 1 N–H and O–H groups in total. The smallest absolute Gasteiger partial charge is 0.221 e. The van der Waals surface area contributed by atoms with Crippen molar-refractivity contribution < 1.29 is 4.79 Å². The maximum absolute atomic E-state index is 11.7. The molecule has 2 rings (SSSR count). The van der Waals surface area contributed by atoms with E-state index in [-0.39, 0.29) is 17.4 Å². The van der Waals surface area contributed by atoms with Gasteiger partial charge < -0.3 is 5.32 Å². The summed E-state index contributed by atoms with van der Waals surface area (Å²) in [6.07, 6.45) is 2.47. The second-order valence-corrected chi connectivity index (χ2v) is 5.16. The molecule has 1 aliphatic heterocycles. The van der Waals surface area contributed by atoms with Crippen molar-refractivity contribution in [2.45, 2.75) is 44.6 Å². The van der Waals surface area contributed by atoms with Crippen LogP contribution in [-0.4, -0.2) is 11.9 Å². The van der Waals surface area contributed by atoms with E-state index in [0.29, 0.717) is 6.42 Å². The first-order valence-corrected chi connectivity index (χ1v) is 6.55. The van der Waals surface area contributed by atoms with E-state index in [4.69, 9.17) is 11.6 Å². The summed E-state index contributed by atoms with van der Waals surface area (Å²) in [5, 5.41) is 3.82. The molecule has 92 valence electrons. The summed E-state index contributed by atoms with van der Waals surface area (Å²) in [5.74, 6) is 0.152. The van der Waals surface area contributed by atoms with Crippen molar-refractivity contribution in [3.63, 3.8) is 0 Å². The highest BCUT2D eigenvalue weighted by Gasteiger charge is 2.45. The lowest BCUT2D eigenvalue weighted by atomic mass is 9.71. The zero-order valence-electron chi connectivity index (χ0n) is 10.3. The van der Waals surface area contributed by atoms with Crippen molar-refractivity contribution in [1.29, 1.82) is 0 Å². The number of hydrogen-bond acceptors (Lipinski definition) is 1. The summed E-state index contributed by atoms with van der Waals surface area (Å²) in [6, 6.07) is 8.13. The predicted molar refractivity (Wildman–Crippen MR) is 70.3 cm³/mol. The monoisotopic (exact) mass is 251 g/mol. The Balaban J connectivity index is 2.46. The Hall–Kier alpha value is -1.02. The highest BCUT2D eigenvalue weighted by atomic mass is 35.5. The Morgan fingerprint density at radius 1 is 1.47 bits per heavy atom. The second-order valence-electron chi connectivity index (χ2n) is 4.73. The molecule has 2 nitrogen and oxygen atoms in total. The van der Waals surface area contributed by atoms with Gasteiger partial charge in [0.05, 0.1) is 0 Å². The first-order chi connectivity index (χ1) is 8.12. The van der Waals surface area contributed by atoms with Crippen molar-refractivity contribution in [2.75, 3.05) is 0 Å². The van der Waals surface area contributed by atoms with Crippen LogP contribution in [0, 0.1) is 0 Å². The third kappa shape index (κ3) is 2.06. The van der Waals surface area contributed by atoms with Gasteiger partial charge in [-0.2, -0.15) is 0 Å². The predicted octanol–water partition coefficient (Wildman–Crippen LogP) is 3.29. The lowest BCUT2D eigenvalue weighted by Gasteiger charge is -2.33. The summed E-state index contributed by atoms with van der Waals surface area (Å²) in [5.41, 5.74) is 1.09. The van der Waals surface area contributed by atoms with E-state index in [1.807, 2.05) is 18.2 Å². The number of halogens is 1. The minimum Gasteiger partial charge on any atom is -0.352 e. The Morgan fingerprint density at radius 3 is 2.82 bits per heavy atom. The van der Waals surface area contributed by atoms with E-state index in [9.17, 15) is 4.79 Å². The van der Waals surface area contributed by atoms with Crippen molar-refractivity contribution in [2.24, 2.45) is 0 Å². The van der Waals surface area contributed by atoms with Crippen LogP contribution in [0.4, 0.5) is 0 Å². The lowest BCUT2D eigenvalue weighted by Crippen LogP contribution is -2.39.